The molecule has 2 heterocycles. The predicted molar refractivity (Wildman–Crippen MR) is 103 cm³/mol. The van der Waals surface area contributed by atoms with Crippen LogP contribution in [-0.2, 0) is 17.6 Å². The Hall–Kier alpha value is -2.77. The Morgan fingerprint density at radius 3 is 2.61 bits per heavy atom. The van der Waals surface area contributed by atoms with Crippen LogP contribution in [0.2, 0.25) is 0 Å². The summed E-state index contributed by atoms with van der Waals surface area (Å²) in [5.41, 5.74) is 2.44. The normalized spacial score (nSPS) is 21.6. The fourth-order valence-corrected chi connectivity index (χ4v) is 4.22. The first-order valence-corrected chi connectivity index (χ1v) is 10.1. The highest BCUT2D eigenvalue weighted by Crippen LogP contribution is 2.26. The molecule has 0 aliphatic heterocycles. The van der Waals surface area contributed by atoms with Crippen LogP contribution in [0.25, 0.3) is 5.95 Å². The molecule has 0 radical (unpaired) electrons. The van der Waals surface area contributed by atoms with Crippen LogP contribution in [-0.4, -0.2) is 44.4 Å². The minimum absolute atomic E-state index is 0.0535. The molecule has 0 atom stereocenters. The lowest BCUT2D eigenvalue weighted by molar-refractivity contribution is -0.125. The number of carbonyl (C=O) groups is 2. The second kappa shape index (κ2) is 8.08. The largest absolute Gasteiger partial charge is 0.359 e. The lowest BCUT2D eigenvalue weighted by atomic mass is 9.85. The van der Waals surface area contributed by atoms with Crippen LogP contribution in [0.4, 0.5) is 0 Å². The molecule has 0 bridgehead atoms. The maximum atomic E-state index is 13.1. The Kier molecular flexibility index (Phi) is 5.36. The summed E-state index contributed by atoms with van der Waals surface area (Å²) >= 11 is 0. The van der Waals surface area contributed by atoms with Crippen molar-refractivity contribution in [2.24, 2.45) is 5.92 Å². The summed E-state index contributed by atoms with van der Waals surface area (Å²) in [5, 5.41) is 5.87. The van der Waals surface area contributed by atoms with E-state index in [0.29, 0.717) is 11.6 Å². The number of amides is 2. The van der Waals surface area contributed by atoms with Crippen LogP contribution >= 0.6 is 0 Å². The highest BCUT2D eigenvalue weighted by molar-refractivity contribution is 5.94. The third-order valence-corrected chi connectivity index (χ3v) is 5.80. The van der Waals surface area contributed by atoms with Gasteiger partial charge in [-0.2, -0.15) is 0 Å². The summed E-state index contributed by atoms with van der Waals surface area (Å²) in [5.74, 6) is 0.509. The number of imidazole rings is 1. The molecule has 8 heteroatoms. The summed E-state index contributed by atoms with van der Waals surface area (Å²) in [6.07, 6.45) is 12.2. The molecule has 2 aliphatic rings. The standard InChI is InChI=1S/C20H26N6O2/c1-21-18(27)13-6-8-14(9-7-13)23-19(28)17-15-4-2-3-5-16(15)24-20(25-17)26-11-10-22-12-26/h10-14H,2-9H2,1H3,(H,21,27)(H,23,28). The fourth-order valence-electron chi connectivity index (χ4n) is 4.22. The number of rotatable bonds is 4. The zero-order valence-electron chi connectivity index (χ0n) is 16.1. The smallest absolute Gasteiger partial charge is 0.270 e. The van der Waals surface area contributed by atoms with Crippen molar-refractivity contribution in [3.8, 4) is 5.95 Å². The van der Waals surface area contributed by atoms with E-state index in [1.165, 1.54) is 0 Å². The zero-order chi connectivity index (χ0) is 19.5. The number of nitrogens with zero attached hydrogens (tertiary/aromatic N) is 4. The van der Waals surface area contributed by atoms with Gasteiger partial charge in [-0.15, -0.1) is 0 Å². The van der Waals surface area contributed by atoms with Crippen molar-refractivity contribution in [1.82, 2.24) is 30.2 Å². The summed E-state index contributed by atoms with van der Waals surface area (Å²) in [4.78, 5) is 38.2. The lowest BCUT2D eigenvalue weighted by Gasteiger charge is -2.28. The number of aromatic nitrogens is 4. The van der Waals surface area contributed by atoms with Gasteiger partial charge in [0.25, 0.3) is 5.91 Å². The molecule has 148 valence electrons. The van der Waals surface area contributed by atoms with Crippen molar-refractivity contribution in [2.75, 3.05) is 7.05 Å². The average molecular weight is 382 g/mol. The minimum Gasteiger partial charge on any atom is -0.359 e. The Bertz CT molecular complexity index is 856. The van der Waals surface area contributed by atoms with Gasteiger partial charge in [-0.1, -0.05) is 0 Å². The quantitative estimate of drug-likeness (QED) is 0.836. The van der Waals surface area contributed by atoms with E-state index in [9.17, 15) is 9.59 Å². The molecular weight excluding hydrogens is 356 g/mol. The van der Waals surface area contributed by atoms with Crippen molar-refractivity contribution in [3.63, 3.8) is 0 Å². The fraction of sp³-hybridized carbons (Fsp3) is 0.550. The van der Waals surface area contributed by atoms with Gasteiger partial charge in [0.05, 0.1) is 0 Å². The van der Waals surface area contributed by atoms with E-state index < -0.39 is 0 Å². The first kappa shape index (κ1) is 18.6. The Balaban J connectivity index is 1.52. The van der Waals surface area contributed by atoms with E-state index in [4.69, 9.17) is 0 Å². The van der Waals surface area contributed by atoms with Crippen LogP contribution in [0.1, 0.15) is 60.3 Å². The number of fused-ring (bicyclic) bond motifs is 1. The molecule has 2 aromatic heterocycles. The number of nitrogens with one attached hydrogen (secondary N) is 2. The monoisotopic (exact) mass is 382 g/mol. The van der Waals surface area contributed by atoms with Gasteiger partial charge in [0.15, 0.2) is 0 Å². The molecule has 8 nitrogen and oxygen atoms in total. The summed E-state index contributed by atoms with van der Waals surface area (Å²) in [6.45, 7) is 0. The molecule has 0 aromatic carbocycles. The van der Waals surface area contributed by atoms with E-state index in [-0.39, 0.29) is 23.8 Å². The molecule has 4 rings (SSSR count). The van der Waals surface area contributed by atoms with Crippen LogP contribution in [0.5, 0.6) is 0 Å². The SMILES string of the molecule is CNC(=O)C1CCC(NC(=O)c2nc(-n3ccnc3)nc3c2CCCC3)CC1. The second-order valence-electron chi connectivity index (χ2n) is 7.61. The van der Waals surface area contributed by atoms with Gasteiger partial charge in [0.2, 0.25) is 11.9 Å². The molecule has 2 aliphatic carbocycles. The number of hydrogen-bond donors (Lipinski definition) is 2. The molecule has 0 spiro atoms. The van der Waals surface area contributed by atoms with E-state index in [2.05, 4.69) is 25.6 Å². The van der Waals surface area contributed by atoms with Gasteiger partial charge in [0, 0.05) is 42.7 Å². The molecule has 2 aromatic rings. The maximum Gasteiger partial charge on any atom is 0.270 e. The summed E-state index contributed by atoms with van der Waals surface area (Å²) in [6, 6.07) is 0.0827. The predicted octanol–water partition coefficient (Wildman–Crippen LogP) is 1.58. The topological polar surface area (TPSA) is 102 Å². The number of aryl methyl sites for hydroxylation is 1. The highest BCUT2D eigenvalue weighted by atomic mass is 16.2. The van der Waals surface area contributed by atoms with Gasteiger partial charge in [0.1, 0.15) is 12.0 Å². The Labute approximate surface area is 164 Å². The Morgan fingerprint density at radius 2 is 1.89 bits per heavy atom. The number of carbonyl (C=O) groups excluding carboxylic acids is 2. The van der Waals surface area contributed by atoms with Gasteiger partial charge in [-0.05, 0) is 51.4 Å². The lowest BCUT2D eigenvalue weighted by Crippen LogP contribution is -2.41. The van der Waals surface area contributed by atoms with Gasteiger partial charge < -0.3 is 10.6 Å². The maximum absolute atomic E-state index is 13.1. The van der Waals surface area contributed by atoms with Crippen molar-refractivity contribution in [3.05, 3.63) is 35.7 Å². The third kappa shape index (κ3) is 3.76. The van der Waals surface area contributed by atoms with Crippen molar-refractivity contribution in [2.45, 2.75) is 57.4 Å². The first-order chi connectivity index (χ1) is 13.7. The number of hydrogen-bond acceptors (Lipinski definition) is 5. The molecule has 1 fully saturated rings. The molecule has 0 unspecified atom stereocenters. The average Bonchev–Trinajstić information content (AvgIpc) is 3.28. The van der Waals surface area contributed by atoms with Crippen LogP contribution < -0.4 is 10.6 Å². The molecule has 28 heavy (non-hydrogen) atoms. The van der Waals surface area contributed by atoms with Gasteiger partial charge >= 0.3 is 0 Å². The molecule has 2 N–H and O–H groups in total. The van der Waals surface area contributed by atoms with Crippen LogP contribution in [0, 0.1) is 5.92 Å². The first-order valence-electron chi connectivity index (χ1n) is 10.1. The third-order valence-electron chi connectivity index (χ3n) is 5.80. The molecule has 1 saturated carbocycles. The van der Waals surface area contributed by atoms with Gasteiger partial charge in [-0.25, -0.2) is 15.0 Å². The zero-order valence-corrected chi connectivity index (χ0v) is 16.1. The Morgan fingerprint density at radius 1 is 1.11 bits per heavy atom. The van der Waals surface area contributed by atoms with Crippen LogP contribution in [0.15, 0.2) is 18.7 Å². The van der Waals surface area contributed by atoms with Crippen LogP contribution in [0.3, 0.4) is 0 Å². The van der Waals surface area contributed by atoms with Crippen molar-refractivity contribution >= 4 is 11.8 Å². The molecule has 0 saturated heterocycles. The second-order valence-corrected chi connectivity index (χ2v) is 7.61. The van der Waals surface area contributed by atoms with E-state index >= 15 is 0 Å². The summed E-state index contributed by atoms with van der Waals surface area (Å²) in [7, 11) is 1.67. The van der Waals surface area contributed by atoms with Crippen molar-refractivity contribution < 1.29 is 9.59 Å². The van der Waals surface area contributed by atoms with E-state index in [0.717, 1.165) is 62.6 Å². The highest BCUT2D eigenvalue weighted by Gasteiger charge is 2.29. The van der Waals surface area contributed by atoms with Gasteiger partial charge in [-0.3, -0.25) is 14.2 Å². The van der Waals surface area contributed by atoms with E-state index in [1.54, 1.807) is 30.3 Å². The minimum atomic E-state index is -0.134. The van der Waals surface area contributed by atoms with E-state index in [1.807, 2.05) is 0 Å². The molecular formula is C20H26N6O2. The van der Waals surface area contributed by atoms with Crippen molar-refractivity contribution in [1.29, 1.82) is 0 Å². The molecule has 2 amide bonds. The summed E-state index contributed by atoms with van der Waals surface area (Å²) < 4.78 is 1.74.